The van der Waals surface area contributed by atoms with Gasteiger partial charge in [-0.1, -0.05) is 12.1 Å². The lowest BCUT2D eigenvalue weighted by atomic mass is 10.2. The number of halogens is 2. The van der Waals surface area contributed by atoms with Crippen molar-refractivity contribution in [2.45, 2.75) is 6.92 Å². The number of aromatic hydroxyl groups is 1. The minimum Gasteiger partial charge on any atom is -0.507 e. The standard InChI is InChI=1S/C7H6FNO2.C6H5BrO/c1-5-4-6(9(10)11)2-3-7(5)8;7-5-3-1-2-4-6(5)8/h2-4H,1H3;1-4,8H. The summed E-state index contributed by atoms with van der Waals surface area (Å²) in [5.74, 6) is -0.136. The number of phenolic OH excluding ortho intramolecular Hbond substituents is 1. The van der Waals surface area contributed by atoms with Gasteiger partial charge in [0.1, 0.15) is 11.6 Å². The van der Waals surface area contributed by atoms with E-state index in [0.717, 1.165) is 16.6 Å². The van der Waals surface area contributed by atoms with Gasteiger partial charge in [0.15, 0.2) is 0 Å². The van der Waals surface area contributed by atoms with Gasteiger partial charge in [-0.2, -0.15) is 0 Å². The number of aryl methyl sites for hydroxylation is 1. The Morgan fingerprint density at radius 1 is 1.26 bits per heavy atom. The second-order valence-corrected chi connectivity index (χ2v) is 4.50. The molecule has 0 atom stereocenters. The lowest BCUT2D eigenvalue weighted by Crippen LogP contribution is -1.89. The van der Waals surface area contributed by atoms with Crippen molar-refractivity contribution in [3.63, 3.8) is 0 Å². The van der Waals surface area contributed by atoms with Crippen LogP contribution in [0.25, 0.3) is 0 Å². The molecular weight excluding hydrogens is 317 g/mol. The van der Waals surface area contributed by atoms with Crippen LogP contribution in [0.2, 0.25) is 0 Å². The van der Waals surface area contributed by atoms with Crippen molar-refractivity contribution in [2.24, 2.45) is 0 Å². The van der Waals surface area contributed by atoms with Gasteiger partial charge in [0.2, 0.25) is 0 Å². The summed E-state index contributed by atoms with van der Waals surface area (Å²) in [6.45, 7) is 1.49. The molecule has 0 saturated carbocycles. The van der Waals surface area contributed by atoms with Crippen LogP contribution in [0, 0.1) is 22.9 Å². The second kappa shape index (κ2) is 6.84. The van der Waals surface area contributed by atoms with Crippen molar-refractivity contribution in [3.8, 4) is 5.75 Å². The van der Waals surface area contributed by atoms with Crippen LogP contribution in [-0.4, -0.2) is 10.0 Å². The first-order valence-corrected chi connectivity index (χ1v) is 6.05. The molecule has 0 aliphatic carbocycles. The Labute approximate surface area is 117 Å². The largest absolute Gasteiger partial charge is 0.507 e. The number of benzene rings is 2. The van der Waals surface area contributed by atoms with Gasteiger partial charge in [0, 0.05) is 12.1 Å². The number of nitrogens with zero attached hydrogens (tertiary/aromatic N) is 1. The zero-order valence-corrected chi connectivity index (χ0v) is 11.6. The highest BCUT2D eigenvalue weighted by atomic mass is 79.9. The molecule has 4 nitrogen and oxygen atoms in total. The fourth-order valence-electron chi connectivity index (χ4n) is 1.19. The van der Waals surface area contributed by atoms with Gasteiger partial charge in [-0.15, -0.1) is 0 Å². The van der Waals surface area contributed by atoms with Crippen LogP contribution in [0.5, 0.6) is 5.75 Å². The summed E-state index contributed by atoms with van der Waals surface area (Å²) in [7, 11) is 0. The lowest BCUT2D eigenvalue weighted by molar-refractivity contribution is -0.385. The summed E-state index contributed by atoms with van der Waals surface area (Å²) in [6, 6.07) is 10.5. The van der Waals surface area contributed by atoms with Gasteiger partial charge in [-0.25, -0.2) is 4.39 Å². The van der Waals surface area contributed by atoms with Gasteiger partial charge in [-0.05, 0) is 46.6 Å². The molecule has 0 heterocycles. The number of para-hydroxylation sites is 1. The van der Waals surface area contributed by atoms with Gasteiger partial charge in [0.25, 0.3) is 5.69 Å². The quantitative estimate of drug-likeness (QED) is 0.630. The zero-order chi connectivity index (χ0) is 14.4. The maximum Gasteiger partial charge on any atom is 0.269 e. The zero-order valence-electron chi connectivity index (χ0n) is 10.0. The third kappa shape index (κ3) is 4.67. The highest BCUT2D eigenvalue weighted by Crippen LogP contribution is 2.21. The number of non-ortho nitro benzene ring substituents is 1. The molecule has 0 radical (unpaired) electrons. The Kier molecular flexibility index (Phi) is 5.44. The number of nitro groups is 1. The fraction of sp³-hybridized carbons (Fsp3) is 0.0769. The highest BCUT2D eigenvalue weighted by molar-refractivity contribution is 9.10. The van der Waals surface area contributed by atoms with E-state index in [-0.39, 0.29) is 11.4 Å². The number of rotatable bonds is 1. The molecule has 0 saturated heterocycles. The molecule has 0 amide bonds. The summed E-state index contributed by atoms with van der Waals surface area (Å²) >= 11 is 3.15. The number of hydrogen-bond donors (Lipinski definition) is 1. The molecule has 2 aromatic carbocycles. The van der Waals surface area contributed by atoms with Crippen LogP contribution in [0.4, 0.5) is 10.1 Å². The summed E-state index contributed by atoms with van der Waals surface area (Å²) in [4.78, 5) is 9.60. The summed E-state index contributed by atoms with van der Waals surface area (Å²) in [5.41, 5.74) is 0.211. The van der Waals surface area contributed by atoms with Crippen molar-refractivity contribution in [1.29, 1.82) is 0 Å². The number of phenols is 1. The molecular formula is C13H11BrFNO3. The van der Waals surface area contributed by atoms with Gasteiger partial charge in [0.05, 0.1) is 9.40 Å². The monoisotopic (exact) mass is 327 g/mol. The minimum atomic E-state index is -0.549. The fourth-order valence-corrected chi connectivity index (χ4v) is 1.48. The predicted molar refractivity (Wildman–Crippen MR) is 73.6 cm³/mol. The first kappa shape index (κ1) is 15.1. The molecule has 0 fully saturated rings. The Hall–Kier alpha value is -1.95. The molecule has 2 rings (SSSR count). The topological polar surface area (TPSA) is 63.4 Å². The summed E-state index contributed by atoms with van der Waals surface area (Å²) in [5, 5.41) is 19.0. The Balaban J connectivity index is 0.000000200. The third-order valence-electron chi connectivity index (χ3n) is 2.20. The molecule has 0 aliphatic rings. The average molecular weight is 328 g/mol. The van der Waals surface area contributed by atoms with E-state index in [4.69, 9.17) is 5.11 Å². The van der Waals surface area contributed by atoms with E-state index in [1.807, 2.05) is 6.07 Å². The van der Waals surface area contributed by atoms with E-state index in [1.165, 1.54) is 13.0 Å². The van der Waals surface area contributed by atoms with E-state index in [0.29, 0.717) is 5.56 Å². The average Bonchev–Trinajstić information content (AvgIpc) is 2.37. The summed E-state index contributed by atoms with van der Waals surface area (Å²) in [6.07, 6.45) is 0. The third-order valence-corrected chi connectivity index (χ3v) is 2.88. The van der Waals surface area contributed by atoms with E-state index in [2.05, 4.69) is 15.9 Å². The molecule has 1 N–H and O–H groups in total. The number of hydrogen-bond acceptors (Lipinski definition) is 3. The Morgan fingerprint density at radius 3 is 2.32 bits per heavy atom. The molecule has 2 aromatic rings. The van der Waals surface area contributed by atoms with Gasteiger partial charge in [-0.3, -0.25) is 10.1 Å². The van der Waals surface area contributed by atoms with E-state index < -0.39 is 10.7 Å². The maximum atomic E-state index is 12.5. The Morgan fingerprint density at radius 2 is 1.89 bits per heavy atom. The van der Waals surface area contributed by atoms with Crippen LogP contribution in [-0.2, 0) is 0 Å². The van der Waals surface area contributed by atoms with E-state index in [1.54, 1.807) is 18.2 Å². The lowest BCUT2D eigenvalue weighted by Gasteiger charge is -1.94. The molecule has 19 heavy (non-hydrogen) atoms. The minimum absolute atomic E-state index is 0.0797. The molecule has 6 heteroatoms. The molecule has 0 spiro atoms. The van der Waals surface area contributed by atoms with Crippen molar-refractivity contribution in [3.05, 3.63) is 68.4 Å². The normalized spacial score (nSPS) is 9.42. The smallest absolute Gasteiger partial charge is 0.269 e. The summed E-state index contributed by atoms with van der Waals surface area (Å²) < 4.78 is 13.3. The van der Waals surface area contributed by atoms with Gasteiger partial charge < -0.3 is 5.11 Å². The van der Waals surface area contributed by atoms with Gasteiger partial charge >= 0.3 is 0 Å². The molecule has 0 aromatic heterocycles. The first-order valence-electron chi connectivity index (χ1n) is 5.26. The molecule has 0 bridgehead atoms. The molecule has 0 aliphatic heterocycles. The van der Waals surface area contributed by atoms with Crippen molar-refractivity contribution in [1.82, 2.24) is 0 Å². The van der Waals surface area contributed by atoms with Crippen LogP contribution >= 0.6 is 15.9 Å². The van der Waals surface area contributed by atoms with Crippen LogP contribution in [0.3, 0.4) is 0 Å². The number of nitro benzene ring substituents is 1. The van der Waals surface area contributed by atoms with Crippen molar-refractivity contribution >= 4 is 21.6 Å². The first-order chi connectivity index (χ1) is 8.91. The van der Waals surface area contributed by atoms with Crippen LogP contribution in [0.15, 0.2) is 46.9 Å². The second-order valence-electron chi connectivity index (χ2n) is 3.64. The Bertz CT molecular complexity index is 569. The molecule has 100 valence electrons. The molecule has 0 unspecified atom stereocenters. The SMILES string of the molecule is Cc1cc([N+](=O)[O-])ccc1F.Oc1ccccc1Br. The van der Waals surface area contributed by atoms with E-state index in [9.17, 15) is 14.5 Å². The van der Waals surface area contributed by atoms with E-state index >= 15 is 0 Å². The highest BCUT2D eigenvalue weighted by Gasteiger charge is 2.06. The van der Waals surface area contributed by atoms with Crippen LogP contribution in [0.1, 0.15) is 5.56 Å². The van der Waals surface area contributed by atoms with Crippen molar-refractivity contribution in [2.75, 3.05) is 0 Å². The van der Waals surface area contributed by atoms with Crippen molar-refractivity contribution < 1.29 is 14.4 Å². The predicted octanol–water partition coefficient (Wildman–Crippen LogP) is 4.20. The van der Waals surface area contributed by atoms with Crippen LogP contribution < -0.4 is 0 Å². The maximum absolute atomic E-state index is 12.5.